The van der Waals surface area contributed by atoms with Crippen LogP contribution in [0.3, 0.4) is 0 Å². The fraction of sp³-hybridized carbons (Fsp3) is 0.156. The van der Waals surface area contributed by atoms with Gasteiger partial charge in [0.2, 0.25) is 18.6 Å². The minimum atomic E-state index is -0.966. The highest BCUT2D eigenvalue weighted by molar-refractivity contribution is 6.36. The molecule has 0 radical (unpaired) electrons. The second kappa shape index (κ2) is 8.44. The zero-order chi connectivity index (χ0) is 27.1. The summed E-state index contributed by atoms with van der Waals surface area (Å²) in [7, 11) is 0. The number of imide groups is 1. The third-order valence-corrected chi connectivity index (χ3v) is 8.68. The van der Waals surface area contributed by atoms with Crippen molar-refractivity contribution in [3.8, 4) is 17.2 Å². The number of anilines is 1. The van der Waals surface area contributed by atoms with Gasteiger partial charge in [-0.2, -0.15) is 0 Å². The quantitative estimate of drug-likeness (QED) is 0.180. The standard InChI is InChI=1S/C32H20ClNO6/c33-22-7-3-4-8-23(22)34-30(35)26-20(17-10-12-24-25(13-17)39-15-38-24)14-21-19-11-9-16-5-1-2-6-18(16)29(19)40-32(37)27(21)28(26)31(34)36/h1-14,20,26-28H,15H2/t20-,26+,27+,28-/m1/s1. The van der Waals surface area contributed by atoms with Crippen LogP contribution in [0.5, 0.6) is 17.2 Å². The lowest BCUT2D eigenvalue weighted by Gasteiger charge is -2.38. The molecular weight excluding hydrogens is 530 g/mol. The first-order valence-electron chi connectivity index (χ1n) is 13.0. The van der Waals surface area contributed by atoms with Crippen LogP contribution in [-0.2, 0) is 14.4 Å². The number of rotatable bonds is 2. The molecule has 196 valence electrons. The molecule has 0 saturated carbocycles. The Bertz CT molecular complexity index is 1830. The van der Waals surface area contributed by atoms with Crippen LogP contribution in [0.15, 0.2) is 84.9 Å². The Morgan fingerprint density at radius 1 is 0.800 bits per heavy atom. The number of hydrogen-bond acceptors (Lipinski definition) is 6. The molecule has 40 heavy (non-hydrogen) atoms. The number of amides is 2. The van der Waals surface area contributed by atoms with Crippen molar-refractivity contribution < 1.29 is 28.6 Å². The highest BCUT2D eigenvalue weighted by Gasteiger charge is 2.60. The summed E-state index contributed by atoms with van der Waals surface area (Å²) in [5.74, 6) is -3.02. The predicted octanol–water partition coefficient (Wildman–Crippen LogP) is 5.74. The van der Waals surface area contributed by atoms with Crippen molar-refractivity contribution in [2.75, 3.05) is 11.7 Å². The Labute approximate surface area is 233 Å². The minimum Gasteiger partial charge on any atom is -0.454 e. The topological polar surface area (TPSA) is 82.1 Å². The van der Waals surface area contributed by atoms with Crippen LogP contribution < -0.4 is 19.1 Å². The van der Waals surface area contributed by atoms with Gasteiger partial charge in [-0.15, -0.1) is 0 Å². The first-order valence-corrected chi connectivity index (χ1v) is 13.4. The van der Waals surface area contributed by atoms with Crippen molar-refractivity contribution in [2.45, 2.75) is 5.92 Å². The molecule has 0 unspecified atom stereocenters. The van der Waals surface area contributed by atoms with E-state index in [0.717, 1.165) is 26.8 Å². The highest BCUT2D eigenvalue weighted by atomic mass is 35.5. The molecule has 1 saturated heterocycles. The van der Waals surface area contributed by atoms with Crippen LogP contribution in [0, 0.1) is 17.8 Å². The van der Waals surface area contributed by atoms with E-state index in [2.05, 4.69) is 0 Å². The fourth-order valence-electron chi connectivity index (χ4n) is 6.60. The molecule has 4 aromatic rings. The van der Waals surface area contributed by atoms with Gasteiger partial charge in [0.1, 0.15) is 5.75 Å². The van der Waals surface area contributed by atoms with E-state index in [-0.39, 0.29) is 11.8 Å². The summed E-state index contributed by atoms with van der Waals surface area (Å²) in [5.41, 5.74) is 2.51. The van der Waals surface area contributed by atoms with E-state index in [9.17, 15) is 14.4 Å². The molecule has 4 aliphatic rings. The van der Waals surface area contributed by atoms with Gasteiger partial charge in [-0.1, -0.05) is 72.3 Å². The maximum atomic E-state index is 14.2. The van der Waals surface area contributed by atoms with E-state index in [4.69, 9.17) is 25.8 Å². The number of carbonyl (C=O) groups is 3. The number of carbonyl (C=O) groups excluding carboxylic acids is 3. The van der Waals surface area contributed by atoms with E-state index in [1.807, 2.05) is 54.6 Å². The lowest BCUT2D eigenvalue weighted by Crippen LogP contribution is -2.42. The Morgan fingerprint density at radius 3 is 2.45 bits per heavy atom. The van der Waals surface area contributed by atoms with E-state index in [1.165, 1.54) is 0 Å². The smallest absolute Gasteiger partial charge is 0.319 e. The van der Waals surface area contributed by atoms with Gasteiger partial charge in [0.05, 0.1) is 28.5 Å². The van der Waals surface area contributed by atoms with Crippen molar-refractivity contribution >= 4 is 51.4 Å². The monoisotopic (exact) mass is 549 g/mol. The van der Waals surface area contributed by atoms with Crippen LogP contribution in [0.25, 0.3) is 16.3 Å². The highest BCUT2D eigenvalue weighted by Crippen LogP contribution is 2.56. The van der Waals surface area contributed by atoms with Crippen LogP contribution in [0.4, 0.5) is 5.69 Å². The van der Waals surface area contributed by atoms with E-state index in [0.29, 0.717) is 28.5 Å². The first kappa shape index (κ1) is 23.3. The lowest BCUT2D eigenvalue weighted by molar-refractivity contribution is -0.142. The van der Waals surface area contributed by atoms with Gasteiger partial charge >= 0.3 is 5.97 Å². The summed E-state index contributed by atoms with van der Waals surface area (Å²) in [6.45, 7) is 0.114. The molecule has 8 rings (SSSR count). The number of nitrogens with zero attached hydrogens (tertiary/aromatic N) is 1. The molecule has 1 aliphatic carbocycles. The van der Waals surface area contributed by atoms with Crippen LogP contribution in [0.2, 0.25) is 5.02 Å². The van der Waals surface area contributed by atoms with E-state index >= 15 is 0 Å². The van der Waals surface area contributed by atoms with Crippen LogP contribution in [-0.4, -0.2) is 24.6 Å². The third kappa shape index (κ3) is 3.15. The van der Waals surface area contributed by atoms with E-state index < -0.39 is 41.5 Å². The Hall–Kier alpha value is -4.62. The number of benzene rings is 4. The third-order valence-electron chi connectivity index (χ3n) is 8.36. The largest absolute Gasteiger partial charge is 0.454 e. The summed E-state index contributed by atoms with van der Waals surface area (Å²) >= 11 is 6.46. The van der Waals surface area contributed by atoms with Crippen molar-refractivity contribution in [3.63, 3.8) is 0 Å². The number of ether oxygens (including phenoxy) is 3. The molecule has 4 atom stereocenters. The van der Waals surface area contributed by atoms with Crippen molar-refractivity contribution in [3.05, 3.63) is 101 Å². The second-order valence-electron chi connectivity index (χ2n) is 10.3. The van der Waals surface area contributed by atoms with Gasteiger partial charge in [-0.3, -0.25) is 14.4 Å². The fourth-order valence-corrected chi connectivity index (χ4v) is 6.83. The molecule has 0 aromatic heterocycles. The SMILES string of the molecule is O=C1Oc2c(ccc3ccccc23)C2=C[C@H](c3ccc4c(c3)OCO4)[C@@H]3C(=O)N(c4ccccc4Cl)C(=O)[C@H]3[C@@H]12. The van der Waals surface area contributed by atoms with Gasteiger partial charge in [-0.05, 0) is 40.8 Å². The normalized spacial score (nSPS) is 24.4. The molecule has 0 spiro atoms. The number of hydrogen-bond donors (Lipinski definition) is 0. The molecule has 3 aliphatic heterocycles. The van der Waals surface area contributed by atoms with Crippen LogP contribution in [0.1, 0.15) is 17.0 Å². The molecule has 4 aromatic carbocycles. The molecule has 8 heteroatoms. The van der Waals surface area contributed by atoms with Crippen molar-refractivity contribution in [1.29, 1.82) is 0 Å². The lowest BCUT2D eigenvalue weighted by atomic mass is 9.64. The van der Waals surface area contributed by atoms with Gasteiger partial charge in [0.25, 0.3) is 0 Å². The zero-order valence-corrected chi connectivity index (χ0v) is 21.6. The summed E-state index contributed by atoms with van der Waals surface area (Å²) in [6.07, 6.45) is 1.96. The summed E-state index contributed by atoms with van der Waals surface area (Å²) in [6, 6.07) is 23.8. The number of esters is 1. The number of fused-ring (bicyclic) bond motifs is 8. The van der Waals surface area contributed by atoms with Crippen LogP contribution >= 0.6 is 11.6 Å². The Balaban J connectivity index is 1.35. The Kier molecular flexibility index (Phi) is 4.91. The molecule has 0 N–H and O–H groups in total. The summed E-state index contributed by atoms with van der Waals surface area (Å²) < 4.78 is 17.1. The summed E-state index contributed by atoms with van der Waals surface area (Å²) in [5, 5.41) is 2.02. The van der Waals surface area contributed by atoms with Gasteiger partial charge in [-0.25, -0.2) is 4.90 Å². The van der Waals surface area contributed by atoms with E-state index in [1.54, 1.807) is 30.3 Å². The zero-order valence-electron chi connectivity index (χ0n) is 20.9. The first-order chi connectivity index (χ1) is 19.5. The predicted molar refractivity (Wildman–Crippen MR) is 147 cm³/mol. The maximum absolute atomic E-state index is 14.2. The molecule has 2 amide bonds. The average molecular weight is 550 g/mol. The number of halogens is 1. The molecule has 0 bridgehead atoms. The number of allylic oxidation sites excluding steroid dienone is 1. The number of para-hydroxylation sites is 1. The Morgan fingerprint density at radius 2 is 1.57 bits per heavy atom. The summed E-state index contributed by atoms with van der Waals surface area (Å²) in [4.78, 5) is 43.2. The minimum absolute atomic E-state index is 0.114. The molecule has 3 heterocycles. The molecule has 1 fully saturated rings. The van der Waals surface area contributed by atoms with Crippen molar-refractivity contribution in [1.82, 2.24) is 0 Å². The maximum Gasteiger partial charge on any atom is 0.319 e. The van der Waals surface area contributed by atoms with Gasteiger partial charge in [0, 0.05) is 16.9 Å². The second-order valence-corrected chi connectivity index (χ2v) is 10.7. The van der Waals surface area contributed by atoms with Gasteiger partial charge < -0.3 is 14.2 Å². The van der Waals surface area contributed by atoms with Gasteiger partial charge in [0.15, 0.2) is 11.5 Å². The molecule has 7 nitrogen and oxygen atoms in total. The average Bonchev–Trinajstić information content (AvgIpc) is 3.54. The van der Waals surface area contributed by atoms with Crippen molar-refractivity contribution in [2.24, 2.45) is 17.8 Å². The molecular formula is C32H20ClNO6.